The Morgan fingerprint density at radius 1 is 0.875 bits per heavy atom. The second-order valence-electron chi connectivity index (χ2n) is 13.4. The quantitative estimate of drug-likeness (QED) is 0.115. The molecule has 0 saturated carbocycles. The predicted molar refractivity (Wildman–Crippen MR) is 192 cm³/mol. The molecular formula is C39H46N3NaO4S. The maximum atomic E-state index is 12.4. The van der Waals surface area contributed by atoms with Crippen molar-refractivity contribution in [1.82, 2.24) is 14.5 Å². The number of carboxylic acid groups (broad SMARTS) is 1. The summed E-state index contributed by atoms with van der Waals surface area (Å²) in [6, 6.07) is 22.7. The molecule has 0 fully saturated rings. The average molecular weight is 676 g/mol. The smallest absolute Gasteiger partial charge is 1.00 e. The van der Waals surface area contributed by atoms with Crippen LogP contribution in [0.3, 0.4) is 0 Å². The Morgan fingerprint density at radius 2 is 1.58 bits per heavy atom. The fourth-order valence-electron chi connectivity index (χ4n) is 5.39. The van der Waals surface area contributed by atoms with Crippen LogP contribution in [0.25, 0.3) is 22.0 Å². The Labute approximate surface area is 312 Å². The van der Waals surface area contributed by atoms with E-state index in [4.69, 9.17) is 9.47 Å². The van der Waals surface area contributed by atoms with Crippen LogP contribution in [0.15, 0.2) is 84.0 Å². The predicted octanol–water partition coefficient (Wildman–Crippen LogP) is 6.35. The third-order valence-corrected chi connectivity index (χ3v) is 9.30. The number of hydrogen-bond acceptors (Lipinski definition) is 6. The first kappa shape index (κ1) is 37.5. The topological polar surface area (TPSA) is 86.5 Å². The molecule has 5 rings (SSSR count). The minimum absolute atomic E-state index is 0. The van der Waals surface area contributed by atoms with Gasteiger partial charge in [0.1, 0.15) is 12.4 Å². The molecule has 0 aliphatic heterocycles. The van der Waals surface area contributed by atoms with Crippen molar-refractivity contribution < 1.29 is 50.4 Å². The van der Waals surface area contributed by atoms with Gasteiger partial charge in [-0.3, -0.25) is 9.78 Å². The number of aryl methyl sites for hydroxylation is 1. The number of aliphatic carboxylic acids is 1. The third kappa shape index (κ3) is 9.23. The number of nitrogens with zero attached hydrogens (tertiary/aromatic N) is 3. The summed E-state index contributed by atoms with van der Waals surface area (Å²) in [4.78, 5) is 22.5. The van der Waals surface area contributed by atoms with Gasteiger partial charge in [0.25, 0.3) is 0 Å². The van der Waals surface area contributed by atoms with Gasteiger partial charge < -0.3 is 20.6 Å². The Kier molecular flexibility index (Phi) is 12.5. The molecular weight excluding hydrogens is 630 g/mol. The maximum absolute atomic E-state index is 12.4. The molecule has 3 aromatic heterocycles. The Balaban J connectivity index is 0.00000325. The SMILES string of the molecule is CCOc1ccc(-c2ccc(Cn3c(CC(C)(C)C(=O)O)c(SC(C)(C)C)c4cc(OCc5ccc(CC)cn5)ccc43)cc2)cn1.[H-].[Na+]. The number of aromatic nitrogens is 3. The summed E-state index contributed by atoms with van der Waals surface area (Å²) in [5.74, 6) is 0.549. The van der Waals surface area contributed by atoms with Crippen molar-refractivity contribution >= 4 is 28.6 Å². The first-order chi connectivity index (χ1) is 22.4. The molecule has 48 heavy (non-hydrogen) atoms. The molecule has 0 bridgehead atoms. The molecule has 248 valence electrons. The van der Waals surface area contributed by atoms with Gasteiger partial charge in [-0.25, -0.2) is 4.98 Å². The number of pyridine rings is 2. The molecule has 1 N–H and O–H groups in total. The van der Waals surface area contributed by atoms with E-state index in [1.54, 1.807) is 25.6 Å². The third-order valence-electron chi connectivity index (χ3n) is 8.03. The number of fused-ring (bicyclic) bond motifs is 1. The number of benzene rings is 2. The van der Waals surface area contributed by atoms with Crippen molar-refractivity contribution in [2.24, 2.45) is 5.41 Å². The second kappa shape index (κ2) is 15.9. The zero-order chi connectivity index (χ0) is 33.8. The van der Waals surface area contributed by atoms with Gasteiger partial charge in [-0.1, -0.05) is 58.0 Å². The Hall–Kier alpha value is -3.30. The molecule has 3 heterocycles. The zero-order valence-corrected chi connectivity index (χ0v) is 32.3. The van der Waals surface area contributed by atoms with Gasteiger partial charge in [0.15, 0.2) is 0 Å². The van der Waals surface area contributed by atoms with E-state index in [0.29, 0.717) is 32.1 Å². The van der Waals surface area contributed by atoms with Crippen LogP contribution in [0.2, 0.25) is 0 Å². The van der Waals surface area contributed by atoms with Crippen molar-refractivity contribution in [1.29, 1.82) is 0 Å². The molecule has 5 aromatic rings. The molecule has 0 radical (unpaired) electrons. The first-order valence-electron chi connectivity index (χ1n) is 16.2. The number of rotatable bonds is 13. The van der Waals surface area contributed by atoms with Crippen LogP contribution in [0.4, 0.5) is 0 Å². The fourth-order valence-corrected chi connectivity index (χ4v) is 6.58. The van der Waals surface area contributed by atoms with E-state index in [-0.39, 0.29) is 35.7 Å². The van der Waals surface area contributed by atoms with E-state index >= 15 is 0 Å². The molecule has 0 aliphatic carbocycles. The van der Waals surface area contributed by atoms with Gasteiger partial charge in [-0.2, -0.15) is 0 Å². The van der Waals surface area contributed by atoms with Crippen LogP contribution < -0.4 is 39.0 Å². The molecule has 0 spiro atoms. The normalized spacial score (nSPS) is 11.7. The molecule has 2 aromatic carbocycles. The van der Waals surface area contributed by atoms with Crippen LogP contribution in [-0.4, -0.2) is 37.0 Å². The van der Waals surface area contributed by atoms with Crippen molar-refractivity contribution in [2.75, 3.05) is 6.61 Å². The van der Waals surface area contributed by atoms with E-state index < -0.39 is 11.4 Å². The number of thioether (sulfide) groups is 1. The summed E-state index contributed by atoms with van der Waals surface area (Å²) in [5.41, 5.74) is 6.37. The number of carboxylic acids is 1. The monoisotopic (exact) mass is 675 g/mol. The van der Waals surface area contributed by atoms with Crippen LogP contribution in [0.1, 0.15) is 72.4 Å². The summed E-state index contributed by atoms with van der Waals surface area (Å²) in [6.45, 7) is 15.8. The van der Waals surface area contributed by atoms with Crippen LogP contribution in [0, 0.1) is 5.41 Å². The van der Waals surface area contributed by atoms with Crippen molar-refractivity contribution in [2.45, 2.75) is 84.1 Å². The molecule has 0 unspecified atom stereocenters. The van der Waals surface area contributed by atoms with E-state index in [1.165, 1.54) is 5.56 Å². The standard InChI is InChI=1S/C39H45N3O4S.Na.H/c1-8-26-12-16-30(40-22-26)25-46-31-17-18-33-32(20-31)36(47-38(3,4)5)34(21-39(6,7)37(43)44)42(33)24-27-10-13-28(14-11-27)29-15-19-35(41-23-29)45-9-2;;/h10-20,22-23H,8-9,21,24-25H2,1-7H3,(H,43,44);;/q;+1;-1. The maximum Gasteiger partial charge on any atom is 1.00 e. The molecule has 0 aliphatic rings. The van der Waals surface area contributed by atoms with Gasteiger partial charge in [0.05, 0.1) is 17.7 Å². The molecule has 9 heteroatoms. The van der Waals surface area contributed by atoms with E-state index in [9.17, 15) is 9.90 Å². The molecule has 0 amide bonds. The van der Waals surface area contributed by atoms with Crippen LogP contribution in [0.5, 0.6) is 11.6 Å². The van der Waals surface area contributed by atoms with Gasteiger partial charge >= 0.3 is 35.5 Å². The largest absolute Gasteiger partial charge is 1.00 e. The molecule has 0 saturated heterocycles. The number of ether oxygens (including phenoxy) is 2. The van der Waals surface area contributed by atoms with E-state index in [1.807, 2.05) is 43.6 Å². The zero-order valence-electron chi connectivity index (χ0n) is 30.5. The molecule has 7 nitrogen and oxygen atoms in total. The fraction of sp³-hybridized carbons (Fsp3) is 0.359. The van der Waals surface area contributed by atoms with E-state index in [2.05, 4.69) is 84.7 Å². The summed E-state index contributed by atoms with van der Waals surface area (Å²) in [7, 11) is 0. The summed E-state index contributed by atoms with van der Waals surface area (Å²) in [5, 5.41) is 11.2. The minimum Gasteiger partial charge on any atom is -1.00 e. The van der Waals surface area contributed by atoms with Gasteiger partial charge in [-0.05, 0) is 74.2 Å². The summed E-state index contributed by atoms with van der Waals surface area (Å²) in [6.07, 6.45) is 5.06. The van der Waals surface area contributed by atoms with Crippen molar-refractivity contribution in [3.63, 3.8) is 0 Å². The van der Waals surface area contributed by atoms with E-state index in [0.717, 1.165) is 56.0 Å². The second-order valence-corrected chi connectivity index (χ2v) is 15.3. The van der Waals surface area contributed by atoms with Crippen molar-refractivity contribution in [3.8, 4) is 22.8 Å². The number of carbonyl (C=O) groups is 1. The van der Waals surface area contributed by atoms with Gasteiger partial charge in [0, 0.05) is 63.2 Å². The van der Waals surface area contributed by atoms with Gasteiger partial charge in [0.2, 0.25) is 5.88 Å². The Bertz CT molecular complexity index is 1830. The van der Waals surface area contributed by atoms with Crippen LogP contribution >= 0.6 is 11.8 Å². The van der Waals surface area contributed by atoms with Crippen molar-refractivity contribution in [3.05, 3.63) is 102 Å². The average Bonchev–Trinajstić information content (AvgIpc) is 3.30. The summed E-state index contributed by atoms with van der Waals surface area (Å²) < 4.78 is 13.9. The minimum atomic E-state index is -0.959. The number of hydrogen-bond donors (Lipinski definition) is 1. The van der Waals surface area contributed by atoms with Gasteiger partial charge in [-0.15, -0.1) is 11.8 Å². The Morgan fingerprint density at radius 3 is 2.17 bits per heavy atom. The first-order valence-corrected chi connectivity index (χ1v) is 17.0. The van der Waals surface area contributed by atoms with Crippen LogP contribution in [-0.2, 0) is 30.8 Å². The summed E-state index contributed by atoms with van der Waals surface area (Å²) >= 11 is 1.77. The molecule has 0 atom stereocenters.